The van der Waals surface area contributed by atoms with Crippen molar-refractivity contribution in [2.45, 2.75) is 90.4 Å². The second kappa shape index (κ2) is 15.8. The Kier molecular flexibility index (Phi) is 11.8. The van der Waals surface area contributed by atoms with Gasteiger partial charge in [-0.25, -0.2) is 0 Å². The third-order valence-electron chi connectivity index (χ3n) is 10.2. The van der Waals surface area contributed by atoms with Crippen LogP contribution in [0.4, 0.5) is 0 Å². The normalized spacial score (nSPS) is 18.0. The molecule has 0 spiro atoms. The van der Waals surface area contributed by atoms with Gasteiger partial charge < -0.3 is 20.6 Å². The molecule has 0 radical (unpaired) electrons. The highest BCUT2D eigenvalue weighted by atomic mass is 35.5. The maximum Gasteiger partial charge on any atom is 0.0480 e. The Morgan fingerprint density at radius 1 is 0.562 bits per heavy atom. The van der Waals surface area contributed by atoms with Crippen molar-refractivity contribution in [3.63, 3.8) is 0 Å². The number of hydrogen-bond donors (Lipinski definition) is 4. The van der Waals surface area contributed by atoms with Crippen LogP contribution in [0, 0.1) is 13.8 Å². The average Bonchev–Trinajstić information content (AvgIpc) is 3.65. The molecule has 2 heterocycles. The van der Waals surface area contributed by atoms with E-state index in [9.17, 15) is 0 Å². The molecule has 8 rings (SSSR count). The van der Waals surface area contributed by atoms with Crippen LogP contribution in [0.15, 0.2) is 97.1 Å². The van der Waals surface area contributed by atoms with E-state index < -0.39 is 0 Å². The first-order chi connectivity index (χ1) is 22.4. The Morgan fingerprint density at radius 3 is 1.35 bits per heavy atom. The first-order valence-corrected chi connectivity index (χ1v) is 17.3. The van der Waals surface area contributed by atoms with Gasteiger partial charge in [-0.05, 0) is 113 Å². The van der Waals surface area contributed by atoms with Crippen molar-refractivity contribution in [1.29, 1.82) is 0 Å². The van der Waals surface area contributed by atoms with Crippen molar-refractivity contribution < 1.29 is 0 Å². The average molecular weight is 682 g/mol. The van der Waals surface area contributed by atoms with Crippen LogP contribution < -0.4 is 10.6 Å². The van der Waals surface area contributed by atoms with E-state index in [-0.39, 0.29) is 24.8 Å². The summed E-state index contributed by atoms with van der Waals surface area (Å²) in [6, 6.07) is 36.5. The van der Waals surface area contributed by atoms with Crippen LogP contribution in [0.1, 0.15) is 108 Å². The summed E-state index contributed by atoms with van der Waals surface area (Å²) in [6.45, 7) is 8.87. The number of H-pyrrole nitrogens is 2. The zero-order chi connectivity index (χ0) is 31.6. The summed E-state index contributed by atoms with van der Waals surface area (Å²) in [7, 11) is 0. The number of fused-ring (bicyclic) bond motifs is 6. The molecule has 6 aromatic rings. The molecule has 48 heavy (non-hydrogen) atoms. The minimum Gasteiger partial charge on any atom is -0.357 e. The number of aromatic amines is 2. The summed E-state index contributed by atoms with van der Waals surface area (Å²) < 4.78 is 0. The van der Waals surface area contributed by atoms with Gasteiger partial charge in [-0.3, -0.25) is 0 Å². The van der Waals surface area contributed by atoms with Gasteiger partial charge in [0.25, 0.3) is 0 Å². The van der Waals surface area contributed by atoms with Crippen LogP contribution >= 0.6 is 24.8 Å². The molecule has 0 fully saturated rings. The van der Waals surface area contributed by atoms with Crippen molar-refractivity contribution in [2.75, 3.05) is 0 Å². The Balaban J connectivity index is 0.000000180. The lowest BCUT2D eigenvalue weighted by atomic mass is 9.90. The van der Waals surface area contributed by atoms with Gasteiger partial charge in [0.05, 0.1) is 0 Å². The maximum atomic E-state index is 3.84. The van der Waals surface area contributed by atoms with E-state index in [1.54, 1.807) is 0 Å². The fourth-order valence-corrected chi connectivity index (χ4v) is 7.77. The van der Waals surface area contributed by atoms with E-state index in [1.807, 2.05) is 0 Å². The van der Waals surface area contributed by atoms with E-state index >= 15 is 0 Å². The topological polar surface area (TPSA) is 55.6 Å². The summed E-state index contributed by atoms with van der Waals surface area (Å²) in [4.78, 5) is 7.38. The van der Waals surface area contributed by atoms with Gasteiger partial charge in [-0.1, -0.05) is 83.9 Å². The van der Waals surface area contributed by atoms with Crippen LogP contribution in [-0.4, -0.2) is 9.97 Å². The van der Waals surface area contributed by atoms with Gasteiger partial charge in [0.2, 0.25) is 0 Å². The smallest absolute Gasteiger partial charge is 0.0480 e. The van der Waals surface area contributed by atoms with E-state index in [1.165, 1.54) is 105 Å². The Labute approximate surface area is 298 Å². The maximum absolute atomic E-state index is 3.84. The number of hydrogen-bond acceptors (Lipinski definition) is 2. The second-order valence-electron chi connectivity index (χ2n) is 13.6. The third kappa shape index (κ3) is 7.53. The molecule has 4 aromatic carbocycles. The van der Waals surface area contributed by atoms with Crippen LogP contribution in [0.25, 0.3) is 21.8 Å². The summed E-state index contributed by atoms with van der Waals surface area (Å²) in [5.74, 6) is 0. The van der Waals surface area contributed by atoms with Gasteiger partial charge in [-0.15, -0.1) is 24.8 Å². The molecule has 2 aromatic heterocycles. The van der Waals surface area contributed by atoms with Crippen LogP contribution in [0.3, 0.4) is 0 Å². The lowest BCUT2D eigenvalue weighted by Crippen LogP contribution is -2.27. The predicted octanol–water partition coefficient (Wildman–Crippen LogP) is 11.3. The summed E-state index contributed by atoms with van der Waals surface area (Å²) in [5.41, 5.74) is 13.8. The van der Waals surface area contributed by atoms with Crippen molar-refractivity contribution in [3.8, 4) is 0 Å². The molecule has 0 aliphatic heterocycles. The standard InChI is InChI=1S/2C21H24N2.2ClH/c2*1-14-11-12-19-18(13-14)17-9-6-10-20(21(17)23-19)22-15(2)16-7-4-3-5-8-16;;/h2*3-5,7-8,11-13,15,20,22-23H,6,9-10H2,1-2H3;2*1H/t15-,20?;15-,20-;;/m00../s1. The van der Waals surface area contributed by atoms with Crippen LogP contribution in [0.5, 0.6) is 0 Å². The Morgan fingerprint density at radius 2 is 0.958 bits per heavy atom. The molecule has 0 saturated heterocycles. The SMILES string of the molecule is Cc1ccc2[nH]c3c(c2c1)CCCC3N[C@@H](C)c1ccccc1.Cc1ccc2[nH]c3c(c2c1)CCC[C@@H]3N[C@@H](C)c1ccccc1.Cl.Cl. The molecule has 1 unspecified atom stereocenters. The highest BCUT2D eigenvalue weighted by molar-refractivity contribution is 5.87. The van der Waals surface area contributed by atoms with Crippen LogP contribution in [-0.2, 0) is 12.8 Å². The van der Waals surface area contributed by atoms with Crippen molar-refractivity contribution >= 4 is 46.6 Å². The first-order valence-electron chi connectivity index (χ1n) is 17.3. The van der Waals surface area contributed by atoms with Crippen LogP contribution in [0.2, 0.25) is 0 Å². The molecule has 252 valence electrons. The van der Waals surface area contributed by atoms with E-state index in [2.05, 4.69) is 145 Å². The first kappa shape index (κ1) is 35.8. The lowest BCUT2D eigenvalue weighted by molar-refractivity contribution is 0.410. The van der Waals surface area contributed by atoms with E-state index in [4.69, 9.17) is 0 Å². The molecule has 4 N–H and O–H groups in total. The fourth-order valence-electron chi connectivity index (χ4n) is 7.77. The molecule has 0 amide bonds. The highest BCUT2D eigenvalue weighted by Crippen LogP contribution is 2.37. The van der Waals surface area contributed by atoms with Gasteiger partial charge in [0, 0.05) is 57.4 Å². The molecule has 4 atom stereocenters. The number of benzene rings is 4. The minimum absolute atomic E-state index is 0. The van der Waals surface area contributed by atoms with Gasteiger partial charge >= 0.3 is 0 Å². The fraction of sp³-hybridized carbons (Fsp3) is 0.333. The number of aryl methyl sites for hydroxylation is 4. The molecule has 0 bridgehead atoms. The highest BCUT2D eigenvalue weighted by Gasteiger charge is 2.27. The predicted molar refractivity (Wildman–Crippen MR) is 208 cm³/mol. The van der Waals surface area contributed by atoms with Gasteiger partial charge in [-0.2, -0.15) is 0 Å². The molecule has 2 aliphatic carbocycles. The Bertz CT molecular complexity index is 1790. The minimum atomic E-state index is 0. The number of nitrogens with one attached hydrogen (secondary N) is 4. The number of halogens is 2. The monoisotopic (exact) mass is 680 g/mol. The lowest BCUT2D eigenvalue weighted by Gasteiger charge is -2.27. The largest absolute Gasteiger partial charge is 0.357 e. The summed E-state index contributed by atoms with van der Waals surface area (Å²) in [5, 5.41) is 10.5. The van der Waals surface area contributed by atoms with E-state index in [0.717, 1.165) is 0 Å². The summed E-state index contributed by atoms with van der Waals surface area (Å²) in [6.07, 6.45) is 7.31. The molecular formula is C42H50Cl2N4. The van der Waals surface area contributed by atoms with E-state index in [0.29, 0.717) is 24.2 Å². The molecule has 2 aliphatic rings. The van der Waals surface area contributed by atoms with Gasteiger partial charge in [0.15, 0.2) is 0 Å². The molecule has 6 heteroatoms. The quantitative estimate of drug-likeness (QED) is 0.141. The zero-order valence-corrected chi connectivity index (χ0v) is 30.2. The molecule has 0 saturated carbocycles. The van der Waals surface area contributed by atoms with Crippen molar-refractivity contribution in [3.05, 3.63) is 142 Å². The number of aromatic nitrogens is 2. The van der Waals surface area contributed by atoms with Crippen molar-refractivity contribution in [1.82, 2.24) is 20.6 Å². The zero-order valence-electron chi connectivity index (χ0n) is 28.6. The Hall–Kier alpha value is -3.54. The second-order valence-corrected chi connectivity index (χ2v) is 13.6. The molecule has 4 nitrogen and oxygen atoms in total. The molecular weight excluding hydrogens is 631 g/mol. The van der Waals surface area contributed by atoms with Gasteiger partial charge in [0.1, 0.15) is 0 Å². The summed E-state index contributed by atoms with van der Waals surface area (Å²) >= 11 is 0. The third-order valence-corrected chi connectivity index (χ3v) is 10.2. The number of rotatable bonds is 6. The van der Waals surface area contributed by atoms with Crippen molar-refractivity contribution in [2.24, 2.45) is 0 Å².